The number of tetrazole rings is 1. The number of hydrogen-bond donors (Lipinski definition) is 0. The number of hydrogen-bond acceptors (Lipinski definition) is 5. The highest BCUT2D eigenvalue weighted by Crippen LogP contribution is 2.37. The molecule has 2 aliphatic heterocycles. The minimum absolute atomic E-state index is 0.570. The maximum Gasteiger partial charge on any atom is 0.138 e. The van der Waals surface area contributed by atoms with Crippen LogP contribution in [-0.4, -0.2) is 69.8 Å². The summed E-state index contributed by atoms with van der Waals surface area (Å²) < 4.78 is 1.83. The molecule has 0 N–H and O–H groups in total. The minimum Gasteiger partial charge on any atom is -0.306 e. The van der Waals surface area contributed by atoms with Crippen molar-refractivity contribution >= 4 is 0 Å². The molecule has 0 bridgehead atoms. The summed E-state index contributed by atoms with van der Waals surface area (Å²) in [6.45, 7) is 7.22. The van der Waals surface area contributed by atoms with Crippen LogP contribution in [0, 0.1) is 5.41 Å². The van der Waals surface area contributed by atoms with E-state index in [0.717, 1.165) is 13.0 Å². The van der Waals surface area contributed by atoms with Crippen LogP contribution in [0.15, 0.2) is 6.33 Å². The Morgan fingerprint density at radius 3 is 2.70 bits per heavy atom. The number of likely N-dealkylation sites (tertiary alicyclic amines) is 2. The summed E-state index contributed by atoms with van der Waals surface area (Å²) in [6.07, 6.45) is 8.40. The van der Waals surface area contributed by atoms with E-state index in [1.807, 2.05) is 4.68 Å². The summed E-state index contributed by atoms with van der Waals surface area (Å²) in [4.78, 5) is 5.18. The number of aryl methyl sites for hydroxylation is 1. The molecule has 2 saturated heterocycles. The van der Waals surface area contributed by atoms with E-state index in [-0.39, 0.29) is 0 Å². The first kappa shape index (κ1) is 13.9. The van der Waals surface area contributed by atoms with Crippen molar-refractivity contribution in [2.24, 2.45) is 5.41 Å². The summed E-state index contributed by atoms with van der Waals surface area (Å²) in [7, 11) is 2.28. The van der Waals surface area contributed by atoms with Gasteiger partial charge in [-0.3, -0.25) is 0 Å². The number of aromatic nitrogens is 4. The lowest BCUT2D eigenvalue weighted by Gasteiger charge is -2.48. The molecule has 3 rings (SSSR count). The molecule has 0 aliphatic carbocycles. The van der Waals surface area contributed by atoms with Gasteiger partial charge in [0.15, 0.2) is 0 Å². The second-order valence-electron chi connectivity index (χ2n) is 6.65. The highest BCUT2D eigenvalue weighted by Gasteiger charge is 2.37. The Morgan fingerprint density at radius 1 is 1.10 bits per heavy atom. The fourth-order valence-corrected chi connectivity index (χ4v) is 4.03. The second-order valence-corrected chi connectivity index (χ2v) is 6.65. The lowest BCUT2D eigenvalue weighted by atomic mass is 9.74. The zero-order chi connectivity index (χ0) is 13.8. The third-order valence-electron chi connectivity index (χ3n) is 4.85. The van der Waals surface area contributed by atoms with E-state index in [1.54, 1.807) is 6.33 Å². The van der Waals surface area contributed by atoms with Gasteiger partial charge in [0.1, 0.15) is 6.33 Å². The van der Waals surface area contributed by atoms with Crippen LogP contribution in [0.25, 0.3) is 0 Å². The monoisotopic (exact) mass is 278 g/mol. The molecule has 3 heterocycles. The normalized spacial score (nSPS) is 29.1. The van der Waals surface area contributed by atoms with E-state index >= 15 is 0 Å². The van der Waals surface area contributed by atoms with Crippen LogP contribution in [-0.2, 0) is 6.54 Å². The Hall–Kier alpha value is -1.01. The minimum atomic E-state index is 0.570. The van der Waals surface area contributed by atoms with Crippen molar-refractivity contribution in [1.29, 1.82) is 0 Å². The average Bonchev–Trinajstić information content (AvgIpc) is 2.92. The summed E-state index contributed by atoms with van der Waals surface area (Å²) in [6, 6.07) is 0. The molecule has 20 heavy (non-hydrogen) atoms. The second kappa shape index (κ2) is 6.18. The Balaban J connectivity index is 1.47. The quantitative estimate of drug-likeness (QED) is 0.818. The first-order valence-electron chi connectivity index (χ1n) is 7.88. The Kier molecular flexibility index (Phi) is 4.31. The lowest BCUT2D eigenvalue weighted by Crippen LogP contribution is -2.51. The molecule has 112 valence electrons. The van der Waals surface area contributed by atoms with Crippen molar-refractivity contribution in [2.45, 2.75) is 38.6 Å². The highest BCUT2D eigenvalue weighted by molar-refractivity contribution is 4.91. The van der Waals surface area contributed by atoms with Crippen LogP contribution < -0.4 is 0 Å². The van der Waals surface area contributed by atoms with Crippen LogP contribution in [0.3, 0.4) is 0 Å². The molecule has 0 aromatic carbocycles. The zero-order valence-corrected chi connectivity index (χ0v) is 12.5. The summed E-state index contributed by atoms with van der Waals surface area (Å²) in [5.41, 5.74) is 0.570. The molecule has 2 aliphatic rings. The predicted molar refractivity (Wildman–Crippen MR) is 77.3 cm³/mol. The van der Waals surface area contributed by atoms with Crippen LogP contribution in [0.4, 0.5) is 0 Å². The van der Waals surface area contributed by atoms with Gasteiger partial charge in [0, 0.05) is 19.6 Å². The summed E-state index contributed by atoms with van der Waals surface area (Å²) >= 11 is 0. The maximum absolute atomic E-state index is 3.92. The molecule has 1 atom stereocenters. The third kappa shape index (κ3) is 3.35. The van der Waals surface area contributed by atoms with Gasteiger partial charge in [-0.2, -0.15) is 0 Å². The van der Waals surface area contributed by atoms with E-state index in [0.29, 0.717) is 5.41 Å². The molecular formula is C14H26N6. The fourth-order valence-electron chi connectivity index (χ4n) is 4.03. The van der Waals surface area contributed by atoms with Crippen molar-refractivity contribution in [3.8, 4) is 0 Å². The van der Waals surface area contributed by atoms with E-state index in [9.17, 15) is 0 Å². The predicted octanol–water partition coefficient (Wildman–Crippen LogP) is 0.871. The average molecular weight is 278 g/mol. The summed E-state index contributed by atoms with van der Waals surface area (Å²) in [5.74, 6) is 0. The number of rotatable bonds is 4. The van der Waals surface area contributed by atoms with Crippen LogP contribution >= 0.6 is 0 Å². The van der Waals surface area contributed by atoms with Gasteiger partial charge in [-0.25, -0.2) is 4.68 Å². The van der Waals surface area contributed by atoms with Crippen LogP contribution in [0.1, 0.15) is 32.1 Å². The van der Waals surface area contributed by atoms with E-state index in [2.05, 4.69) is 32.4 Å². The smallest absolute Gasteiger partial charge is 0.138 e. The van der Waals surface area contributed by atoms with Crippen molar-refractivity contribution in [1.82, 2.24) is 30.0 Å². The van der Waals surface area contributed by atoms with Gasteiger partial charge in [-0.15, -0.1) is 5.10 Å². The topological polar surface area (TPSA) is 50.1 Å². The molecule has 2 fully saturated rings. The molecule has 0 amide bonds. The zero-order valence-electron chi connectivity index (χ0n) is 12.5. The van der Waals surface area contributed by atoms with Crippen molar-refractivity contribution in [3.05, 3.63) is 6.33 Å². The Labute approximate surface area is 121 Å². The van der Waals surface area contributed by atoms with Crippen molar-refractivity contribution in [2.75, 3.05) is 39.8 Å². The van der Waals surface area contributed by atoms with Crippen LogP contribution in [0.2, 0.25) is 0 Å². The van der Waals surface area contributed by atoms with Gasteiger partial charge in [0.2, 0.25) is 0 Å². The highest BCUT2D eigenvalue weighted by atomic mass is 15.5. The molecule has 6 heteroatoms. The van der Waals surface area contributed by atoms with Crippen molar-refractivity contribution in [3.63, 3.8) is 0 Å². The molecule has 0 unspecified atom stereocenters. The molecule has 0 saturated carbocycles. The Bertz CT molecular complexity index is 402. The first-order chi connectivity index (χ1) is 9.76. The molecule has 1 aromatic heterocycles. The first-order valence-corrected chi connectivity index (χ1v) is 7.88. The van der Waals surface area contributed by atoms with Crippen LogP contribution in [0.5, 0.6) is 0 Å². The number of piperidine rings is 2. The van der Waals surface area contributed by atoms with E-state index in [4.69, 9.17) is 0 Å². The van der Waals surface area contributed by atoms with Gasteiger partial charge >= 0.3 is 0 Å². The van der Waals surface area contributed by atoms with Gasteiger partial charge in [0.05, 0.1) is 0 Å². The molecular weight excluding hydrogens is 252 g/mol. The van der Waals surface area contributed by atoms with Gasteiger partial charge in [-0.05, 0) is 74.6 Å². The summed E-state index contributed by atoms with van der Waals surface area (Å²) in [5, 5.41) is 11.3. The largest absolute Gasteiger partial charge is 0.306 e. The molecule has 6 nitrogen and oxygen atoms in total. The standard InChI is InChI=1S/C14H26N6/c1-18-7-2-5-14(11-18)6-3-8-19(12-14)9-4-10-20-13-15-16-17-20/h13H,2-12H2,1H3/t14-/m1/s1. The molecule has 0 radical (unpaired) electrons. The van der Waals surface area contributed by atoms with E-state index in [1.165, 1.54) is 58.4 Å². The SMILES string of the molecule is CN1CCC[C@@]2(CCCN(CCCn3cnnn3)C2)C1. The number of nitrogens with zero attached hydrogens (tertiary/aromatic N) is 6. The van der Waals surface area contributed by atoms with Crippen molar-refractivity contribution < 1.29 is 0 Å². The Morgan fingerprint density at radius 2 is 1.95 bits per heavy atom. The van der Waals surface area contributed by atoms with E-state index < -0.39 is 0 Å². The van der Waals surface area contributed by atoms with Gasteiger partial charge in [-0.1, -0.05) is 0 Å². The third-order valence-corrected chi connectivity index (χ3v) is 4.85. The molecule has 1 spiro atoms. The molecule has 1 aromatic rings. The van der Waals surface area contributed by atoms with Gasteiger partial charge in [0.25, 0.3) is 0 Å². The maximum atomic E-state index is 3.92. The fraction of sp³-hybridized carbons (Fsp3) is 0.929. The van der Waals surface area contributed by atoms with Gasteiger partial charge < -0.3 is 9.80 Å². The lowest BCUT2D eigenvalue weighted by molar-refractivity contribution is 0.0222.